The Bertz CT molecular complexity index is 1000. The first-order valence-corrected chi connectivity index (χ1v) is 9.93. The van der Waals surface area contributed by atoms with E-state index in [0.29, 0.717) is 29.3 Å². The number of rotatable bonds is 7. The first kappa shape index (κ1) is 21.4. The number of carbonyl (C=O) groups is 2. The fourth-order valence-corrected chi connectivity index (χ4v) is 3.59. The van der Waals surface area contributed by atoms with Crippen molar-refractivity contribution in [3.05, 3.63) is 58.8 Å². The van der Waals surface area contributed by atoms with Gasteiger partial charge in [0, 0.05) is 30.4 Å². The lowest BCUT2D eigenvalue weighted by Crippen LogP contribution is -2.35. The molecule has 0 aliphatic carbocycles. The van der Waals surface area contributed by atoms with Gasteiger partial charge in [0.25, 0.3) is 11.8 Å². The number of methoxy groups -OCH3 is 2. The Balaban J connectivity index is 2.13. The molecular weight excluding hydrogens is 380 g/mol. The van der Waals surface area contributed by atoms with Gasteiger partial charge in [0.15, 0.2) is 0 Å². The molecule has 2 amide bonds. The van der Waals surface area contributed by atoms with Crippen molar-refractivity contribution in [3.8, 4) is 11.5 Å². The maximum atomic E-state index is 13.3. The molecule has 6 heteroatoms. The Morgan fingerprint density at radius 2 is 1.57 bits per heavy atom. The smallest absolute Gasteiger partial charge is 0.278 e. The predicted octanol–water partition coefficient (Wildman–Crippen LogP) is 4.17. The van der Waals surface area contributed by atoms with E-state index in [1.54, 1.807) is 32.4 Å². The van der Waals surface area contributed by atoms with E-state index >= 15 is 0 Å². The Labute approximate surface area is 177 Å². The third kappa shape index (κ3) is 4.17. The normalized spacial score (nSPS) is 14.0. The van der Waals surface area contributed by atoms with Crippen LogP contribution in [0.4, 0.5) is 5.69 Å². The molecular formula is C24H28N2O4. The summed E-state index contributed by atoms with van der Waals surface area (Å²) in [6.07, 6.45) is 0. The molecule has 0 atom stereocenters. The summed E-state index contributed by atoms with van der Waals surface area (Å²) in [5, 5.41) is 3.17. The molecule has 0 spiro atoms. The van der Waals surface area contributed by atoms with Crippen LogP contribution in [0.15, 0.2) is 42.1 Å². The van der Waals surface area contributed by atoms with Crippen LogP contribution in [0, 0.1) is 19.8 Å². The molecule has 158 valence electrons. The molecule has 1 heterocycles. The molecule has 30 heavy (non-hydrogen) atoms. The lowest BCUT2D eigenvalue weighted by Gasteiger charge is -2.17. The van der Waals surface area contributed by atoms with Crippen LogP contribution in [0.25, 0.3) is 5.57 Å². The van der Waals surface area contributed by atoms with E-state index in [2.05, 4.69) is 5.32 Å². The molecule has 0 saturated carbocycles. The van der Waals surface area contributed by atoms with Crippen LogP contribution in [0.5, 0.6) is 11.5 Å². The summed E-state index contributed by atoms with van der Waals surface area (Å²) in [5.74, 6) is 0.723. The second-order valence-corrected chi connectivity index (χ2v) is 7.91. The van der Waals surface area contributed by atoms with Crippen molar-refractivity contribution in [2.45, 2.75) is 27.7 Å². The van der Waals surface area contributed by atoms with Crippen LogP contribution in [-0.2, 0) is 9.59 Å². The standard InChI is InChI=1S/C24H28N2O4/c1-14(2)13-26-23(27)21(20-8-7-15(3)9-16(20)4)22(24(26)28)25-17-10-18(29-5)12-19(11-17)30-6/h7-12,14,25H,13H2,1-6H3. The maximum Gasteiger partial charge on any atom is 0.278 e. The third-order valence-corrected chi connectivity index (χ3v) is 4.99. The quantitative estimate of drug-likeness (QED) is 0.697. The van der Waals surface area contributed by atoms with Crippen LogP contribution in [-0.4, -0.2) is 37.5 Å². The van der Waals surface area contributed by atoms with Crippen molar-refractivity contribution < 1.29 is 19.1 Å². The molecule has 3 rings (SSSR count). The van der Waals surface area contributed by atoms with Gasteiger partial charge in [-0.3, -0.25) is 14.5 Å². The van der Waals surface area contributed by atoms with E-state index in [-0.39, 0.29) is 23.4 Å². The summed E-state index contributed by atoms with van der Waals surface area (Å²) < 4.78 is 10.7. The van der Waals surface area contributed by atoms with Crippen LogP contribution in [0.1, 0.15) is 30.5 Å². The fraction of sp³-hybridized carbons (Fsp3) is 0.333. The summed E-state index contributed by atoms with van der Waals surface area (Å²) in [6, 6.07) is 11.1. The van der Waals surface area contributed by atoms with Crippen LogP contribution < -0.4 is 14.8 Å². The van der Waals surface area contributed by atoms with Gasteiger partial charge < -0.3 is 14.8 Å². The van der Waals surface area contributed by atoms with E-state index in [4.69, 9.17) is 9.47 Å². The summed E-state index contributed by atoms with van der Waals surface area (Å²) in [5.41, 5.74) is 4.06. The number of amides is 2. The Morgan fingerprint density at radius 3 is 2.10 bits per heavy atom. The number of ether oxygens (including phenoxy) is 2. The molecule has 0 bridgehead atoms. The highest BCUT2D eigenvalue weighted by Gasteiger charge is 2.39. The zero-order chi connectivity index (χ0) is 22.0. The lowest BCUT2D eigenvalue weighted by molar-refractivity contribution is -0.137. The molecule has 0 radical (unpaired) electrons. The summed E-state index contributed by atoms with van der Waals surface area (Å²) in [7, 11) is 3.13. The second kappa shape index (κ2) is 8.61. The van der Waals surface area contributed by atoms with Gasteiger partial charge in [0.1, 0.15) is 17.2 Å². The lowest BCUT2D eigenvalue weighted by atomic mass is 9.97. The second-order valence-electron chi connectivity index (χ2n) is 7.91. The van der Waals surface area contributed by atoms with Crippen molar-refractivity contribution in [1.82, 2.24) is 4.90 Å². The van der Waals surface area contributed by atoms with Gasteiger partial charge in [-0.05, 0) is 30.9 Å². The molecule has 0 aromatic heterocycles. The fourth-order valence-electron chi connectivity index (χ4n) is 3.59. The molecule has 1 aliphatic rings. The maximum absolute atomic E-state index is 13.3. The predicted molar refractivity (Wildman–Crippen MR) is 118 cm³/mol. The van der Waals surface area contributed by atoms with Crippen molar-refractivity contribution in [3.63, 3.8) is 0 Å². The number of anilines is 1. The monoisotopic (exact) mass is 408 g/mol. The number of carbonyl (C=O) groups excluding carboxylic acids is 2. The van der Waals surface area contributed by atoms with Gasteiger partial charge in [-0.1, -0.05) is 37.6 Å². The van der Waals surface area contributed by atoms with Crippen molar-refractivity contribution in [2.24, 2.45) is 5.92 Å². The molecule has 0 fully saturated rings. The minimum atomic E-state index is -0.328. The molecule has 0 unspecified atom stereocenters. The highest BCUT2D eigenvalue weighted by molar-refractivity contribution is 6.36. The summed E-state index contributed by atoms with van der Waals surface area (Å²) >= 11 is 0. The molecule has 1 N–H and O–H groups in total. The van der Waals surface area contributed by atoms with E-state index in [0.717, 1.165) is 16.7 Å². The van der Waals surface area contributed by atoms with Gasteiger partial charge in [-0.2, -0.15) is 0 Å². The Hall–Kier alpha value is -3.28. The average Bonchev–Trinajstić information content (AvgIpc) is 2.92. The number of nitrogens with one attached hydrogen (secondary N) is 1. The minimum absolute atomic E-state index is 0.162. The topological polar surface area (TPSA) is 67.9 Å². The SMILES string of the molecule is COc1cc(NC2=C(c3ccc(C)cc3C)C(=O)N(CC(C)C)C2=O)cc(OC)c1. The average molecular weight is 408 g/mol. The summed E-state index contributed by atoms with van der Waals surface area (Å²) in [6.45, 7) is 8.27. The summed E-state index contributed by atoms with van der Waals surface area (Å²) in [4.78, 5) is 27.9. The number of hydrogen-bond donors (Lipinski definition) is 1. The largest absolute Gasteiger partial charge is 0.497 e. The van der Waals surface area contributed by atoms with E-state index in [9.17, 15) is 9.59 Å². The van der Waals surface area contributed by atoms with Gasteiger partial charge in [-0.15, -0.1) is 0 Å². The molecule has 2 aromatic carbocycles. The van der Waals surface area contributed by atoms with E-state index < -0.39 is 0 Å². The number of nitrogens with zero attached hydrogens (tertiary/aromatic N) is 1. The van der Waals surface area contributed by atoms with Crippen molar-refractivity contribution in [2.75, 3.05) is 26.1 Å². The highest BCUT2D eigenvalue weighted by atomic mass is 16.5. The minimum Gasteiger partial charge on any atom is -0.497 e. The molecule has 1 aliphatic heterocycles. The van der Waals surface area contributed by atoms with Crippen molar-refractivity contribution >= 4 is 23.1 Å². The molecule has 0 saturated heterocycles. The van der Waals surface area contributed by atoms with Gasteiger partial charge in [0.2, 0.25) is 0 Å². The van der Waals surface area contributed by atoms with Crippen LogP contribution in [0.2, 0.25) is 0 Å². The van der Waals surface area contributed by atoms with Gasteiger partial charge >= 0.3 is 0 Å². The zero-order valence-corrected chi connectivity index (χ0v) is 18.3. The van der Waals surface area contributed by atoms with E-state index in [1.807, 2.05) is 45.9 Å². The first-order valence-electron chi connectivity index (χ1n) is 9.93. The van der Waals surface area contributed by atoms with E-state index in [1.165, 1.54) is 4.90 Å². The first-order chi connectivity index (χ1) is 14.2. The highest BCUT2D eigenvalue weighted by Crippen LogP contribution is 2.34. The molecule has 2 aromatic rings. The number of aryl methyl sites for hydroxylation is 2. The third-order valence-electron chi connectivity index (χ3n) is 4.99. The van der Waals surface area contributed by atoms with Gasteiger partial charge in [0.05, 0.1) is 19.8 Å². The molecule has 6 nitrogen and oxygen atoms in total. The Kier molecular flexibility index (Phi) is 6.15. The number of benzene rings is 2. The number of imide groups is 1. The Morgan fingerprint density at radius 1 is 0.933 bits per heavy atom. The zero-order valence-electron chi connectivity index (χ0n) is 18.3. The van der Waals surface area contributed by atoms with Crippen molar-refractivity contribution in [1.29, 1.82) is 0 Å². The van der Waals surface area contributed by atoms with Crippen LogP contribution >= 0.6 is 0 Å². The van der Waals surface area contributed by atoms with Gasteiger partial charge in [-0.25, -0.2) is 0 Å². The number of hydrogen-bond acceptors (Lipinski definition) is 5. The van der Waals surface area contributed by atoms with Crippen LogP contribution in [0.3, 0.4) is 0 Å².